The SMILES string of the molecule is Cc1cc(C(=O)NCCc2cccc(Cl)c2)nn1C(C)C. The highest BCUT2D eigenvalue weighted by atomic mass is 35.5. The van der Waals surface area contributed by atoms with E-state index >= 15 is 0 Å². The quantitative estimate of drug-likeness (QED) is 0.920. The number of hydrogen-bond donors (Lipinski definition) is 1. The van der Waals surface area contributed by atoms with Crippen LogP contribution in [0.2, 0.25) is 5.02 Å². The molecule has 0 bridgehead atoms. The zero-order valence-corrected chi connectivity index (χ0v) is 13.3. The average Bonchev–Trinajstić information content (AvgIpc) is 2.81. The topological polar surface area (TPSA) is 46.9 Å². The number of nitrogens with one attached hydrogen (secondary N) is 1. The molecule has 1 amide bonds. The Hall–Kier alpha value is -1.81. The predicted molar refractivity (Wildman–Crippen MR) is 84.8 cm³/mol. The summed E-state index contributed by atoms with van der Waals surface area (Å²) in [6.07, 6.45) is 0.746. The van der Waals surface area contributed by atoms with Crippen molar-refractivity contribution in [1.82, 2.24) is 15.1 Å². The van der Waals surface area contributed by atoms with Gasteiger partial charge in [0.15, 0.2) is 0 Å². The zero-order chi connectivity index (χ0) is 15.4. The van der Waals surface area contributed by atoms with E-state index in [0.29, 0.717) is 17.3 Å². The van der Waals surface area contributed by atoms with Crippen molar-refractivity contribution in [2.45, 2.75) is 33.2 Å². The lowest BCUT2D eigenvalue weighted by atomic mass is 10.1. The Bertz CT molecular complexity index is 634. The van der Waals surface area contributed by atoms with Crippen molar-refractivity contribution in [3.05, 3.63) is 52.3 Å². The van der Waals surface area contributed by atoms with Crippen molar-refractivity contribution >= 4 is 17.5 Å². The van der Waals surface area contributed by atoms with Crippen LogP contribution in [0.15, 0.2) is 30.3 Å². The predicted octanol–water partition coefficient (Wildman–Crippen LogP) is 3.40. The molecule has 1 N–H and O–H groups in total. The number of hydrogen-bond acceptors (Lipinski definition) is 2. The highest BCUT2D eigenvalue weighted by Crippen LogP contribution is 2.11. The normalized spacial score (nSPS) is 10.9. The summed E-state index contributed by atoms with van der Waals surface area (Å²) in [7, 11) is 0. The summed E-state index contributed by atoms with van der Waals surface area (Å²) in [5, 5.41) is 7.93. The number of aryl methyl sites for hydroxylation is 1. The van der Waals surface area contributed by atoms with Crippen LogP contribution in [0.3, 0.4) is 0 Å². The molecule has 0 saturated carbocycles. The molecule has 2 rings (SSSR count). The summed E-state index contributed by atoms with van der Waals surface area (Å²) >= 11 is 5.93. The van der Waals surface area contributed by atoms with Gasteiger partial charge >= 0.3 is 0 Å². The van der Waals surface area contributed by atoms with E-state index in [9.17, 15) is 4.79 Å². The molecule has 0 fully saturated rings. The van der Waals surface area contributed by atoms with Crippen LogP contribution >= 0.6 is 11.6 Å². The fraction of sp³-hybridized carbons (Fsp3) is 0.375. The van der Waals surface area contributed by atoms with Gasteiger partial charge in [0.25, 0.3) is 5.91 Å². The molecule has 4 nitrogen and oxygen atoms in total. The molecule has 0 unspecified atom stereocenters. The van der Waals surface area contributed by atoms with Crippen LogP contribution in [-0.2, 0) is 6.42 Å². The van der Waals surface area contributed by atoms with Crippen LogP contribution in [0.1, 0.15) is 41.6 Å². The maximum atomic E-state index is 12.1. The fourth-order valence-corrected chi connectivity index (χ4v) is 2.44. The molecule has 1 heterocycles. The Morgan fingerprint density at radius 1 is 1.38 bits per heavy atom. The first-order valence-electron chi connectivity index (χ1n) is 7.06. The van der Waals surface area contributed by atoms with Crippen LogP contribution in [0.25, 0.3) is 0 Å². The Morgan fingerprint density at radius 3 is 2.76 bits per heavy atom. The first-order valence-corrected chi connectivity index (χ1v) is 7.44. The second-order valence-corrected chi connectivity index (χ2v) is 5.78. The van der Waals surface area contributed by atoms with Crippen LogP contribution < -0.4 is 5.32 Å². The van der Waals surface area contributed by atoms with Crippen molar-refractivity contribution < 1.29 is 4.79 Å². The third kappa shape index (κ3) is 4.08. The third-order valence-corrected chi connectivity index (χ3v) is 3.47. The molecular formula is C16H20ClN3O. The second kappa shape index (κ2) is 6.76. The Kier molecular flexibility index (Phi) is 5.02. The van der Waals surface area contributed by atoms with Gasteiger partial charge in [0.05, 0.1) is 0 Å². The lowest BCUT2D eigenvalue weighted by Crippen LogP contribution is -2.26. The highest BCUT2D eigenvalue weighted by Gasteiger charge is 2.13. The lowest BCUT2D eigenvalue weighted by Gasteiger charge is -2.07. The summed E-state index contributed by atoms with van der Waals surface area (Å²) in [4.78, 5) is 12.1. The average molecular weight is 306 g/mol. The van der Waals surface area contributed by atoms with E-state index < -0.39 is 0 Å². The molecule has 1 aromatic carbocycles. The molecule has 0 saturated heterocycles. The molecule has 0 radical (unpaired) electrons. The number of halogens is 1. The van der Waals surface area contributed by atoms with E-state index in [2.05, 4.69) is 10.4 Å². The minimum atomic E-state index is -0.139. The molecule has 112 valence electrons. The molecule has 0 aliphatic heterocycles. The number of benzene rings is 1. The van der Waals surface area contributed by atoms with Crippen LogP contribution in [-0.4, -0.2) is 22.2 Å². The van der Waals surface area contributed by atoms with Gasteiger partial charge in [0, 0.05) is 23.3 Å². The monoisotopic (exact) mass is 305 g/mol. The number of carbonyl (C=O) groups excluding carboxylic acids is 1. The number of rotatable bonds is 5. The first-order chi connectivity index (χ1) is 9.97. The summed E-state index contributed by atoms with van der Waals surface area (Å²) < 4.78 is 1.85. The first kappa shape index (κ1) is 15.6. The van der Waals surface area contributed by atoms with Gasteiger partial charge in [-0.2, -0.15) is 5.10 Å². The van der Waals surface area contributed by atoms with Gasteiger partial charge in [-0.15, -0.1) is 0 Å². The van der Waals surface area contributed by atoms with Crippen molar-refractivity contribution in [2.75, 3.05) is 6.54 Å². The maximum Gasteiger partial charge on any atom is 0.271 e. The van der Waals surface area contributed by atoms with Crippen LogP contribution in [0.4, 0.5) is 0 Å². The van der Waals surface area contributed by atoms with E-state index in [0.717, 1.165) is 17.7 Å². The number of aromatic nitrogens is 2. The van der Waals surface area contributed by atoms with Crippen LogP contribution in [0.5, 0.6) is 0 Å². The zero-order valence-electron chi connectivity index (χ0n) is 12.6. The molecule has 0 aliphatic carbocycles. The Labute approximate surface area is 130 Å². The standard InChI is InChI=1S/C16H20ClN3O/c1-11(2)20-12(3)9-15(19-20)16(21)18-8-7-13-5-4-6-14(17)10-13/h4-6,9-11H,7-8H2,1-3H3,(H,18,21). The lowest BCUT2D eigenvalue weighted by molar-refractivity contribution is 0.0948. The number of nitrogens with zero attached hydrogens (tertiary/aromatic N) is 2. The van der Waals surface area contributed by atoms with Gasteiger partial charge in [-0.25, -0.2) is 0 Å². The van der Waals surface area contributed by atoms with Gasteiger partial charge in [-0.05, 0) is 51.0 Å². The molecule has 1 aromatic heterocycles. The molecule has 2 aromatic rings. The van der Waals surface area contributed by atoms with Gasteiger partial charge in [0.2, 0.25) is 0 Å². The minimum Gasteiger partial charge on any atom is -0.350 e. The summed E-state index contributed by atoms with van der Waals surface area (Å²) in [6.45, 7) is 6.60. The van der Waals surface area contributed by atoms with E-state index in [1.807, 2.05) is 55.8 Å². The van der Waals surface area contributed by atoms with E-state index in [1.165, 1.54) is 0 Å². The summed E-state index contributed by atoms with van der Waals surface area (Å²) in [6, 6.07) is 9.71. The smallest absolute Gasteiger partial charge is 0.271 e. The highest BCUT2D eigenvalue weighted by molar-refractivity contribution is 6.30. The van der Waals surface area contributed by atoms with E-state index in [4.69, 9.17) is 11.6 Å². The van der Waals surface area contributed by atoms with Gasteiger partial charge in [-0.3, -0.25) is 9.48 Å². The molecular weight excluding hydrogens is 286 g/mol. The Morgan fingerprint density at radius 2 is 2.14 bits per heavy atom. The third-order valence-electron chi connectivity index (χ3n) is 3.23. The van der Waals surface area contributed by atoms with Crippen LogP contribution in [0, 0.1) is 6.92 Å². The van der Waals surface area contributed by atoms with Gasteiger partial charge in [-0.1, -0.05) is 23.7 Å². The summed E-state index contributed by atoms with van der Waals surface area (Å²) in [5.74, 6) is -0.139. The largest absolute Gasteiger partial charge is 0.350 e. The molecule has 5 heteroatoms. The minimum absolute atomic E-state index is 0.139. The summed E-state index contributed by atoms with van der Waals surface area (Å²) in [5.41, 5.74) is 2.56. The van der Waals surface area contributed by atoms with Gasteiger partial charge in [0.1, 0.15) is 5.69 Å². The second-order valence-electron chi connectivity index (χ2n) is 5.35. The number of amides is 1. The van der Waals surface area contributed by atoms with Crippen molar-refractivity contribution in [2.24, 2.45) is 0 Å². The van der Waals surface area contributed by atoms with E-state index in [-0.39, 0.29) is 11.9 Å². The van der Waals surface area contributed by atoms with Crippen molar-refractivity contribution in [1.29, 1.82) is 0 Å². The molecule has 0 atom stereocenters. The molecule has 0 aliphatic rings. The number of carbonyl (C=O) groups is 1. The fourth-order valence-electron chi connectivity index (χ4n) is 2.22. The Balaban J connectivity index is 1.91. The molecule has 0 spiro atoms. The van der Waals surface area contributed by atoms with Crippen molar-refractivity contribution in [3.8, 4) is 0 Å². The molecule has 21 heavy (non-hydrogen) atoms. The van der Waals surface area contributed by atoms with Crippen molar-refractivity contribution in [3.63, 3.8) is 0 Å². The van der Waals surface area contributed by atoms with E-state index in [1.54, 1.807) is 0 Å². The van der Waals surface area contributed by atoms with Gasteiger partial charge < -0.3 is 5.32 Å². The maximum absolute atomic E-state index is 12.1.